The highest BCUT2D eigenvalue weighted by Crippen LogP contribution is 2.37. The highest BCUT2D eigenvalue weighted by molar-refractivity contribution is 7.80. The van der Waals surface area contributed by atoms with Gasteiger partial charge in [-0.1, -0.05) is 12.1 Å². The van der Waals surface area contributed by atoms with Gasteiger partial charge in [-0.05, 0) is 31.3 Å². The standard InChI is InChI=1S/C11H13N3S/c1-7-6-10-13-8-4-2-3-5-9(8)14(10)11(15)12-7/h2-5,7,10,13H,6H2,1H3,(H,12,15). The van der Waals surface area contributed by atoms with Gasteiger partial charge in [0, 0.05) is 12.5 Å². The van der Waals surface area contributed by atoms with Crippen LogP contribution in [0.2, 0.25) is 0 Å². The molecule has 1 fully saturated rings. The van der Waals surface area contributed by atoms with Crippen LogP contribution in [0.15, 0.2) is 24.3 Å². The maximum atomic E-state index is 5.37. The fourth-order valence-corrected chi connectivity index (χ4v) is 2.73. The van der Waals surface area contributed by atoms with Crippen molar-refractivity contribution in [3.05, 3.63) is 24.3 Å². The fourth-order valence-electron chi connectivity index (χ4n) is 2.31. The van der Waals surface area contributed by atoms with E-state index >= 15 is 0 Å². The first-order chi connectivity index (χ1) is 7.25. The van der Waals surface area contributed by atoms with Crippen LogP contribution in [0.3, 0.4) is 0 Å². The molecule has 78 valence electrons. The minimum absolute atomic E-state index is 0.325. The van der Waals surface area contributed by atoms with Crippen LogP contribution in [0.1, 0.15) is 13.3 Å². The summed E-state index contributed by atoms with van der Waals surface area (Å²) in [4.78, 5) is 2.17. The van der Waals surface area contributed by atoms with Gasteiger partial charge in [0.25, 0.3) is 0 Å². The molecule has 4 heteroatoms. The Kier molecular flexibility index (Phi) is 1.85. The average Bonchev–Trinajstić information content (AvgIpc) is 2.54. The number of thiocarbonyl (C=S) groups is 1. The number of hydrogen-bond donors (Lipinski definition) is 2. The molecule has 2 aliphatic heterocycles. The predicted molar refractivity (Wildman–Crippen MR) is 66.1 cm³/mol. The van der Waals surface area contributed by atoms with E-state index in [0.29, 0.717) is 12.2 Å². The molecule has 15 heavy (non-hydrogen) atoms. The van der Waals surface area contributed by atoms with Gasteiger partial charge in [-0.15, -0.1) is 0 Å². The van der Waals surface area contributed by atoms with Gasteiger partial charge < -0.3 is 10.6 Å². The summed E-state index contributed by atoms with van der Waals surface area (Å²) in [5, 5.41) is 7.63. The second kappa shape index (κ2) is 3.10. The second-order valence-electron chi connectivity index (χ2n) is 4.13. The Labute approximate surface area is 94.5 Å². The highest BCUT2D eigenvalue weighted by atomic mass is 32.1. The molecule has 2 heterocycles. The Bertz CT molecular complexity index is 418. The first-order valence-corrected chi connectivity index (χ1v) is 5.62. The number of hydrogen-bond acceptors (Lipinski definition) is 2. The molecule has 2 atom stereocenters. The second-order valence-corrected chi connectivity index (χ2v) is 4.52. The lowest BCUT2D eigenvalue weighted by Crippen LogP contribution is -2.56. The third kappa shape index (κ3) is 1.28. The maximum absolute atomic E-state index is 5.37. The van der Waals surface area contributed by atoms with Gasteiger partial charge in [0.2, 0.25) is 0 Å². The molecule has 0 bridgehead atoms. The summed E-state index contributed by atoms with van der Waals surface area (Å²) in [6.45, 7) is 2.16. The quantitative estimate of drug-likeness (QED) is 0.652. The van der Waals surface area contributed by atoms with Crippen molar-refractivity contribution in [1.82, 2.24) is 5.32 Å². The van der Waals surface area contributed by atoms with Gasteiger partial charge in [0.05, 0.1) is 11.4 Å². The molecular formula is C11H13N3S. The summed E-state index contributed by atoms with van der Waals surface area (Å²) in [7, 11) is 0. The van der Waals surface area contributed by atoms with E-state index in [9.17, 15) is 0 Å². The van der Waals surface area contributed by atoms with Gasteiger partial charge in [0.1, 0.15) is 6.17 Å². The molecule has 3 nitrogen and oxygen atoms in total. The molecule has 1 aromatic carbocycles. The van der Waals surface area contributed by atoms with Crippen molar-refractivity contribution in [2.24, 2.45) is 0 Å². The summed E-state index contributed by atoms with van der Waals surface area (Å²) >= 11 is 5.37. The van der Waals surface area contributed by atoms with E-state index in [4.69, 9.17) is 12.2 Å². The zero-order valence-corrected chi connectivity index (χ0v) is 9.34. The molecule has 0 spiro atoms. The number of nitrogens with zero attached hydrogens (tertiary/aromatic N) is 1. The molecular weight excluding hydrogens is 206 g/mol. The van der Waals surface area contributed by atoms with Crippen LogP contribution >= 0.6 is 12.2 Å². The molecule has 0 saturated carbocycles. The SMILES string of the molecule is CC1CC2Nc3ccccc3N2C(=S)N1. The number of benzene rings is 1. The first-order valence-electron chi connectivity index (χ1n) is 5.21. The van der Waals surface area contributed by atoms with Crippen LogP contribution in [-0.4, -0.2) is 17.3 Å². The lowest BCUT2D eigenvalue weighted by Gasteiger charge is -2.36. The molecule has 2 N–H and O–H groups in total. The number of fused-ring (bicyclic) bond motifs is 3. The molecule has 1 saturated heterocycles. The van der Waals surface area contributed by atoms with E-state index in [1.165, 1.54) is 11.4 Å². The lowest BCUT2D eigenvalue weighted by atomic mass is 10.1. The largest absolute Gasteiger partial charge is 0.363 e. The van der Waals surface area contributed by atoms with Crippen LogP contribution in [0.5, 0.6) is 0 Å². The van der Waals surface area contributed by atoms with E-state index in [0.717, 1.165) is 11.5 Å². The first kappa shape index (κ1) is 8.97. The van der Waals surface area contributed by atoms with E-state index < -0.39 is 0 Å². The molecule has 0 amide bonds. The molecule has 2 unspecified atom stereocenters. The molecule has 2 aliphatic rings. The Morgan fingerprint density at radius 1 is 1.33 bits per heavy atom. The number of nitrogens with one attached hydrogen (secondary N) is 2. The third-order valence-corrected chi connectivity index (χ3v) is 3.28. The average molecular weight is 219 g/mol. The summed E-state index contributed by atoms with van der Waals surface area (Å²) < 4.78 is 0. The Balaban J connectivity index is 2.02. The Hall–Kier alpha value is -1.29. The topological polar surface area (TPSA) is 27.3 Å². The van der Waals surface area contributed by atoms with E-state index in [2.05, 4.69) is 34.6 Å². The number of anilines is 2. The van der Waals surface area contributed by atoms with Crippen molar-refractivity contribution >= 4 is 28.7 Å². The third-order valence-electron chi connectivity index (χ3n) is 2.96. The zero-order chi connectivity index (χ0) is 10.4. The summed E-state index contributed by atoms with van der Waals surface area (Å²) in [6.07, 6.45) is 1.39. The van der Waals surface area contributed by atoms with Crippen LogP contribution in [0.25, 0.3) is 0 Å². The fraction of sp³-hybridized carbons (Fsp3) is 0.364. The van der Waals surface area contributed by atoms with Gasteiger partial charge in [-0.2, -0.15) is 0 Å². The molecule has 3 rings (SSSR count). The van der Waals surface area contributed by atoms with Gasteiger partial charge in [-0.25, -0.2) is 0 Å². The monoisotopic (exact) mass is 219 g/mol. The van der Waals surface area contributed by atoms with Crippen molar-refractivity contribution in [2.75, 3.05) is 10.2 Å². The van der Waals surface area contributed by atoms with Crippen LogP contribution < -0.4 is 15.5 Å². The van der Waals surface area contributed by atoms with Crippen molar-refractivity contribution in [3.63, 3.8) is 0 Å². The molecule has 0 aliphatic carbocycles. The van der Waals surface area contributed by atoms with Gasteiger partial charge >= 0.3 is 0 Å². The number of rotatable bonds is 0. The summed E-state index contributed by atoms with van der Waals surface area (Å²) in [5.74, 6) is 0. The summed E-state index contributed by atoms with van der Waals surface area (Å²) in [6, 6.07) is 8.74. The normalized spacial score (nSPS) is 27.8. The zero-order valence-electron chi connectivity index (χ0n) is 8.53. The van der Waals surface area contributed by atoms with Gasteiger partial charge in [0.15, 0.2) is 5.11 Å². The highest BCUT2D eigenvalue weighted by Gasteiger charge is 2.35. The van der Waals surface area contributed by atoms with Gasteiger partial charge in [-0.3, -0.25) is 4.90 Å². The Morgan fingerprint density at radius 2 is 2.13 bits per heavy atom. The van der Waals surface area contributed by atoms with Crippen molar-refractivity contribution < 1.29 is 0 Å². The van der Waals surface area contributed by atoms with E-state index in [1.54, 1.807) is 0 Å². The van der Waals surface area contributed by atoms with Crippen molar-refractivity contribution in [1.29, 1.82) is 0 Å². The minimum Gasteiger partial charge on any atom is -0.363 e. The number of para-hydroxylation sites is 2. The molecule has 0 radical (unpaired) electrons. The predicted octanol–water partition coefficient (Wildman–Crippen LogP) is 1.91. The van der Waals surface area contributed by atoms with Crippen LogP contribution in [0.4, 0.5) is 11.4 Å². The van der Waals surface area contributed by atoms with E-state index in [-0.39, 0.29) is 0 Å². The smallest absolute Gasteiger partial charge is 0.175 e. The maximum Gasteiger partial charge on any atom is 0.175 e. The molecule has 0 aromatic heterocycles. The van der Waals surface area contributed by atoms with Crippen molar-refractivity contribution in [2.45, 2.75) is 25.6 Å². The van der Waals surface area contributed by atoms with Crippen LogP contribution in [-0.2, 0) is 0 Å². The van der Waals surface area contributed by atoms with Crippen molar-refractivity contribution in [3.8, 4) is 0 Å². The lowest BCUT2D eigenvalue weighted by molar-refractivity contribution is 0.517. The van der Waals surface area contributed by atoms with E-state index in [1.807, 2.05) is 12.1 Å². The minimum atomic E-state index is 0.325. The summed E-state index contributed by atoms with van der Waals surface area (Å²) in [5.41, 5.74) is 2.37. The molecule has 1 aromatic rings. The van der Waals surface area contributed by atoms with Crippen LogP contribution in [0, 0.1) is 0 Å². The Morgan fingerprint density at radius 3 is 3.00 bits per heavy atom.